The van der Waals surface area contributed by atoms with Gasteiger partial charge in [-0.2, -0.15) is 4.37 Å². The number of hydrogen-bond donors (Lipinski definition) is 2. The molecule has 198 valence electrons. The minimum Gasteiger partial charge on any atom is -0.390 e. The average molecular weight is 525 g/mol. The van der Waals surface area contributed by atoms with E-state index >= 15 is 0 Å². The largest absolute Gasteiger partial charge is 0.390 e. The van der Waals surface area contributed by atoms with Crippen molar-refractivity contribution in [1.82, 2.24) is 14.2 Å². The predicted molar refractivity (Wildman–Crippen MR) is 141 cm³/mol. The van der Waals surface area contributed by atoms with Crippen molar-refractivity contribution < 1.29 is 19.8 Å². The zero-order valence-corrected chi connectivity index (χ0v) is 21.9. The lowest BCUT2D eigenvalue weighted by Gasteiger charge is -2.40. The van der Waals surface area contributed by atoms with Gasteiger partial charge in [0.1, 0.15) is 5.82 Å². The van der Waals surface area contributed by atoms with Gasteiger partial charge in [0.05, 0.1) is 28.7 Å². The normalized spacial score (nSPS) is 38.2. The predicted octanol–water partition coefficient (Wildman–Crippen LogP) is 2.20. The summed E-state index contributed by atoms with van der Waals surface area (Å²) in [5.41, 5.74) is 0. The summed E-state index contributed by atoms with van der Waals surface area (Å²) in [5.74, 6) is 0.350. The first-order valence-electron chi connectivity index (χ1n) is 14.0. The molecule has 1 aromatic heterocycles. The van der Waals surface area contributed by atoms with Gasteiger partial charge in [0.15, 0.2) is 0 Å². The average Bonchev–Trinajstić information content (AvgIpc) is 3.65. The third-order valence-electron chi connectivity index (χ3n) is 10.2. The van der Waals surface area contributed by atoms with Crippen LogP contribution in [-0.4, -0.2) is 87.7 Å². The van der Waals surface area contributed by atoms with E-state index in [2.05, 4.69) is 34.1 Å². The van der Waals surface area contributed by atoms with Gasteiger partial charge in [0, 0.05) is 56.5 Å². The van der Waals surface area contributed by atoms with Crippen LogP contribution in [-0.2, 0) is 9.59 Å². The number of aromatic nitrogens is 1. The molecule has 2 bridgehead atoms. The maximum absolute atomic E-state index is 13.3. The minimum absolute atomic E-state index is 0.0955. The molecule has 3 heterocycles. The van der Waals surface area contributed by atoms with Gasteiger partial charge in [-0.05, 0) is 54.8 Å². The Balaban J connectivity index is 0.991. The smallest absolute Gasteiger partial charge is 0.233 e. The van der Waals surface area contributed by atoms with Crippen molar-refractivity contribution in [3.63, 3.8) is 0 Å². The van der Waals surface area contributed by atoms with E-state index in [0.717, 1.165) is 57.8 Å². The number of rotatable bonds is 5. The Morgan fingerprint density at radius 2 is 1.49 bits per heavy atom. The summed E-state index contributed by atoms with van der Waals surface area (Å²) < 4.78 is 5.97. The number of imide groups is 1. The summed E-state index contributed by atoms with van der Waals surface area (Å²) in [6, 6.07) is 8.44. The Morgan fingerprint density at radius 3 is 2.16 bits per heavy atom. The van der Waals surface area contributed by atoms with E-state index in [1.165, 1.54) is 21.4 Å². The van der Waals surface area contributed by atoms with E-state index in [1.54, 1.807) is 11.5 Å². The molecule has 3 aliphatic carbocycles. The standard InChI is InChI=1S/C28H36N4O4S/c33-24-19-13-20(25(24)34)23-22(19)27(35)32(28(23)36)15-17-6-2-1-5-16(17)14-30-9-11-31(12-10-30)26-18-7-3-4-8-21(18)37-29-26/h3-4,7-8,16-17,19-20,22-25,33-34H,1-2,5-6,9-15H2/t16-,17-,19-,20+,22?,23?,24?,25?/m0/s1. The van der Waals surface area contributed by atoms with E-state index in [0.29, 0.717) is 24.8 Å². The van der Waals surface area contributed by atoms with Gasteiger partial charge < -0.3 is 15.1 Å². The van der Waals surface area contributed by atoms with Crippen molar-refractivity contribution in [3.8, 4) is 0 Å². The minimum atomic E-state index is -0.869. The van der Waals surface area contributed by atoms with Crippen molar-refractivity contribution >= 4 is 39.3 Å². The van der Waals surface area contributed by atoms with Gasteiger partial charge in [0.2, 0.25) is 11.8 Å². The van der Waals surface area contributed by atoms with Crippen molar-refractivity contribution in [2.45, 2.75) is 44.3 Å². The number of piperazine rings is 1. The molecule has 2 saturated heterocycles. The molecular weight excluding hydrogens is 488 g/mol. The van der Waals surface area contributed by atoms with Crippen LogP contribution < -0.4 is 4.90 Å². The fraction of sp³-hybridized carbons (Fsp3) is 0.679. The summed E-state index contributed by atoms with van der Waals surface area (Å²) in [5, 5.41) is 22.0. The Morgan fingerprint density at radius 1 is 0.865 bits per heavy atom. The zero-order valence-electron chi connectivity index (χ0n) is 21.1. The van der Waals surface area contributed by atoms with Gasteiger partial charge in [-0.25, -0.2) is 0 Å². The molecule has 5 fully saturated rings. The van der Waals surface area contributed by atoms with Crippen LogP contribution in [0.25, 0.3) is 10.1 Å². The van der Waals surface area contributed by atoms with Gasteiger partial charge >= 0.3 is 0 Å². The van der Waals surface area contributed by atoms with Crippen LogP contribution in [0.1, 0.15) is 32.1 Å². The van der Waals surface area contributed by atoms with Gasteiger partial charge in [-0.3, -0.25) is 19.4 Å². The quantitative estimate of drug-likeness (QED) is 0.579. The van der Waals surface area contributed by atoms with Crippen LogP contribution in [0.15, 0.2) is 24.3 Å². The zero-order chi connectivity index (χ0) is 25.3. The van der Waals surface area contributed by atoms with Crippen molar-refractivity contribution in [3.05, 3.63) is 24.3 Å². The van der Waals surface area contributed by atoms with Crippen LogP contribution >= 0.6 is 11.5 Å². The maximum Gasteiger partial charge on any atom is 0.233 e. The molecule has 37 heavy (non-hydrogen) atoms. The van der Waals surface area contributed by atoms with Gasteiger partial charge in [0.25, 0.3) is 0 Å². The van der Waals surface area contributed by atoms with Crippen molar-refractivity contribution in [2.24, 2.45) is 35.5 Å². The fourth-order valence-electron chi connectivity index (χ4n) is 8.25. The number of benzene rings is 1. The first-order valence-corrected chi connectivity index (χ1v) is 14.8. The lowest BCUT2D eigenvalue weighted by Crippen LogP contribution is -2.49. The van der Waals surface area contributed by atoms with Crippen LogP contribution in [0.3, 0.4) is 0 Å². The molecule has 3 saturated carbocycles. The lowest BCUT2D eigenvalue weighted by molar-refractivity contribution is -0.142. The summed E-state index contributed by atoms with van der Waals surface area (Å²) in [4.78, 5) is 33.2. The number of nitrogens with zero attached hydrogens (tertiary/aromatic N) is 4. The SMILES string of the molecule is O=C1C2C(C(=O)N1C[C@@H]1CCCC[C@H]1CN1CCN(c3nsc4ccccc34)CC1)[C@H]1C[C@@H]2C(O)C1O. The highest BCUT2D eigenvalue weighted by Crippen LogP contribution is 2.56. The number of aliphatic hydroxyl groups excluding tert-OH is 2. The van der Waals surface area contributed by atoms with E-state index < -0.39 is 24.0 Å². The fourth-order valence-corrected chi connectivity index (χ4v) is 9.04. The van der Waals surface area contributed by atoms with E-state index in [-0.39, 0.29) is 23.7 Å². The molecule has 0 radical (unpaired) electrons. The highest BCUT2D eigenvalue weighted by molar-refractivity contribution is 7.13. The number of hydrogen-bond acceptors (Lipinski definition) is 8. The van der Waals surface area contributed by atoms with Gasteiger partial charge in [-0.15, -0.1) is 0 Å². The van der Waals surface area contributed by atoms with Crippen molar-refractivity contribution in [1.29, 1.82) is 0 Å². The number of anilines is 1. The van der Waals surface area contributed by atoms with Crippen LogP contribution in [0, 0.1) is 35.5 Å². The highest BCUT2D eigenvalue weighted by Gasteiger charge is 2.67. The van der Waals surface area contributed by atoms with E-state index in [4.69, 9.17) is 4.37 Å². The molecule has 2 aromatic rings. The second-order valence-corrected chi connectivity index (χ2v) is 12.8. The van der Waals surface area contributed by atoms with Crippen LogP contribution in [0.2, 0.25) is 0 Å². The molecule has 2 N–H and O–H groups in total. The molecule has 8 nitrogen and oxygen atoms in total. The third-order valence-corrected chi connectivity index (χ3v) is 11.0. The summed E-state index contributed by atoms with van der Waals surface area (Å²) >= 11 is 1.57. The number of amides is 2. The number of likely N-dealkylation sites (tertiary alicyclic amines) is 1. The second kappa shape index (κ2) is 9.29. The molecule has 9 heteroatoms. The summed E-state index contributed by atoms with van der Waals surface area (Å²) in [6.45, 7) is 5.45. The number of aliphatic hydroxyl groups is 2. The van der Waals surface area contributed by atoms with Crippen molar-refractivity contribution in [2.75, 3.05) is 44.2 Å². The maximum atomic E-state index is 13.3. The molecular formula is C28H36N4O4S. The van der Waals surface area contributed by atoms with Gasteiger partial charge in [-0.1, -0.05) is 25.0 Å². The van der Waals surface area contributed by atoms with E-state index in [1.807, 2.05) is 0 Å². The third kappa shape index (κ3) is 3.84. The highest BCUT2D eigenvalue weighted by atomic mass is 32.1. The molecule has 0 spiro atoms. The van der Waals surface area contributed by atoms with Crippen LogP contribution in [0.5, 0.6) is 0 Å². The number of fused-ring (bicyclic) bond motifs is 6. The first-order chi connectivity index (χ1) is 18.0. The topological polar surface area (TPSA) is 97.2 Å². The van der Waals surface area contributed by atoms with Crippen LogP contribution in [0.4, 0.5) is 5.82 Å². The van der Waals surface area contributed by atoms with E-state index in [9.17, 15) is 19.8 Å². The lowest BCUT2D eigenvalue weighted by atomic mass is 9.78. The first kappa shape index (κ1) is 24.0. The molecule has 7 rings (SSSR count). The monoisotopic (exact) mass is 524 g/mol. The summed E-state index contributed by atoms with van der Waals surface area (Å²) in [7, 11) is 0. The molecule has 8 atom stereocenters. The molecule has 2 amide bonds. The Kier molecular flexibility index (Phi) is 6.03. The summed E-state index contributed by atoms with van der Waals surface area (Å²) in [6.07, 6.45) is 3.42. The molecule has 2 aliphatic heterocycles. The number of carbonyl (C=O) groups is 2. The molecule has 1 aromatic carbocycles. The second-order valence-electron chi connectivity index (χ2n) is 12.0. The Hall–Kier alpha value is -2.07. The molecule has 4 unspecified atom stereocenters. The Bertz CT molecular complexity index is 1160. The molecule has 5 aliphatic rings. The number of carbonyl (C=O) groups excluding carboxylic acids is 2. The Labute approximate surface area is 221 Å².